The van der Waals surface area contributed by atoms with E-state index in [-0.39, 0.29) is 35.3 Å². The van der Waals surface area contributed by atoms with Crippen molar-refractivity contribution in [2.45, 2.75) is 92.4 Å². The Bertz CT molecular complexity index is 1210. The Morgan fingerprint density at radius 2 is 1.36 bits per heavy atom. The summed E-state index contributed by atoms with van der Waals surface area (Å²) in [4.78, 5) is 35.9. The number of carbonyl (C=O) groups is 3. The van der Waals surface area contributed by atoms with Crippen molar-refractivity contribution in [1.82, 2.24) is 0 Å². The molecule has 0 atom stereocenters. The van der Waals surface area contributed by atoms with Crippen LogP contribution in [0.3, 0.4) is 0 Å². The number of phenolic OH excluding ortho intramolecular Hbond substituents is 1. The topological polar surface area (TPSA) is 108 Å². The zero-order valence-electron chi connectivity index (χ0n) is 25.6. The number of Topliss-reactive ketones (excluding diaryl/α,β-unsaturated/α-hetero) is 2. The average molecular weight is 605 g/mol. The highest BCUT2D eigenvalue weighted by Crippen LogP contribution is 2.39. The number of phenols is 1. The molecular formula is C33H45ClO8. The molecule has 0 aliphatic rings. The van der Waals surface area contributed by atoms with Crippen molar-refractivity contribution in [2.75, 3.05) is 26.4 Å². The molecule has 0 unspecified atom stereocenters. The third-order valence-electron chi connectivity index (χ3n) is 6.65. The van der Waals surface area contributed by atoms with Crippen LogP contribution in [0.25, 0.3) is 0 Å². The molecule has 1 N–H and O–H groups in total. The fraction of sp³-hybridized carbons (Fsp3) is 0.545. The molecule has 0 aliphatic carbocycles. The monoisotopic (exact) mass is 604 g/mol. The minimum absolute atomic E-state index is 0.0634. The van der Waals surface area contributed by atoms with Crippen molar-refractivity contribution in [1.29, 1.82) is 0 Å². The van der Waals surface area contributed by atoms with Crippen LogP contribution in [-0.2, 0) is 22.4 Å². The maximum Gasteiger partial charge on any atom is 0.305 e. The standard InChI is InChI=1S/C33H45ClO8/c1-6-13-25-29(40-20-12-15-30(37)39-8-3)17-16-24(22(4)35)32(25)41-18-10-9-11-19-42-33-26(14-7-2)31(38)27(23(5)36)21-28(33)34/h16-17,21,38H,6-15,18-20H2,1-5H3. The van der Waals surface area contributed by atoms with Gasteiger partial charge in [0, 0.05) is 17.5 Å². The van der Waals surface area contributed by atoms with Crippen molar-refractivity contribution in [3.05, 3.63) is 45.5 Å². The lowest BCUT2D eigenvalue weighted by Crippen LogP contribution is -2.10. The Morgan fingerprint density at radius 1 is 0.762 bits per heavy atom. The lowest BCUT2D eigenvalue weighted by molar-refractivity contribution is -0.143. The van der Waals surface area contributed by atoms with E-state index in [9.17, 15) is 19.5 Å². The van der Waals surface area contributed by atoms with E-state index in [1.165, 1.54) is 19.9 Å². The quantitative estimate of drug-likeness (QED) is 0.0930. The first-order valence-corrected chi connectivity index (χ1v) is 15.3. The van der Waals surface area contributed by atoms with Crippen LogP contribution in [-0.4, -0.2) is 49.1 Å². The lowest BCUT2D eigenvalue weighted by Gasteiger charge is -2.19. The molecule has 0 heterocycles. The second-order valence-electron chi connectivity index (χ2n) is 10.1. The van der Waals surface area contributed by atoms with Gasteiger partial charge in [-0.1, -0.05) is 38.3 Å². The van der Waals surface area contributed by atoms with E-state index < -0.39 is 0 Å². The molecular weight excluding hydrogens is 560 g/mol. The maximum absolute atomic E-state index is 12.4. The van der Waals surface area contributed by atoms with Crippen molar-refractivity contribution in [2.24, 2.45) is 0 Å². The van der Waals surface area contributed by atoms with E-state index in [0.717, 1.165) is 37.7 Å². The zero-order valence-corrected chi connectivity index (χ0v) is 26.4. The number of ether oxygens (including phenoxy) is 4. The van der Waals surface area contributed by atoms with Gasteiger partial charge in [0.05, 0.1) is 42.6 Å². The molecule has 0 fully saturated rings. The van der Waals surface area contributed by atoms with Crippen LogP contribution in [0.1, 0.15) is 111 Å². The number of benzene rings is 2. The molecule has 9 heteroatoms. The Balaban J connectivity index is 1.98. The molecule has 8 nitrogen and oxygen atoms in total. The number of aromatic hydroxyl groups is 1. The first kappa shape index (κ1) is 34.9. The predicted octanol–water partition coefficient (Wildman–Crippen LogP) is 7.71. The summed E-state index contributed by atoms with van der Waals surface area (Å²) in [6, 6.07) is 4.99. The van der Waals surface area contributed by atoms with Gasteiger partial charge in [-0.05, 0) is 77.5 Å². The summed E-state index contributed by atoms with van der Waals surface area (Å²) in [5.41, 5.74) is 2.14. The van der Waals surface area contributed by atoms with Gasteiger partial charge in [-0.25, -0.2) is 0 Å². The third-order valence-corrected chi connectivity index (χ3v) is 6.93. The molecule has 2 aromatic carbocycles. The summed E-state index contributed by atoms with van der Waals surface area (Å²) in [5.74, 6) is 0.999. The SMILES string of the molecule is CCCc1c(O)c(C(C)=O)cc(Cl)c1OCCCCCOc1c(C(C)=O)ccc(OCCCC(=O)OCC)c1CCC. The van der Waals surface area contributed by atoms with Crippen LogP contribution in [0.2, 0.25) is 5.02 Å². The fourth-order valence-electron chi connectivity index (χ4n) is 4.62. The van der Waals surface area contributed by atoms with Crippen LogP contribution in [0, 0.1) is 0 Å². The predicted molar refractivity (Wildman–Crippen MR) is 164 cm³/mol. The van der Waals surface area contributed by atoms with E-state index >= 15 is 0 Å². The van der Waals surface area contributed by atoms with Gasteiger partial charge in [0.1, 0.15) is 23.0 Å². The number of hydrogen-bond donors (Lipinski definition) is 1. The summed E-state index contributed by atoms with van der Waals surface area (Å²) >= 11 is 6.41. The van der Waals surface area contributed by atoms with Crippen LogP contribution in [0.15, 0.2) is 18.2 Å². The first-order valence-electron chi connectivity index (χ1n) is 14.9. The molecule has 0 radical (unpaired) electrons. The Kier molecular flexibility index (Phi) is 15.2. The van der Waals surface area contributed by atoms with Gasteiger partial charge in [0.2, 0.25) is 0 Å². The summed E-state index contributed by atoms with van der Waals surface area (Å²) in [6.45, 7) is 10.3. The Labute approximate surface area is 254 Å². The van der Waals surface area contributed by atoms with Crippen molar-refractivity contribution in [3.8, 4) is 23.0 Å². The molecule has 232 valence electrons. The lowest BCUT2D eigenvalue weighted by atomic mass is 10.0. The minimum atomic E-state index is -0.251. The number of ketones is 2. The number of hydrogen-bond acceptors (Lipinski definition) is 8. The second-order valence-corrected chi connectivity index (χ2v) is 10.5. The minimum Gasteiger partial charge on any atom is -0.507 e. The molecule has 0 saturated carbocycles. The molecule has 0 amide bonds. The zero-order chi connectivity index (χ0) is 31.1. The van der Waals surface area contributed by atoms with Gasteiger partial charge in [-0.2, -0.15) is 0 Å². The molecule has 0 bridgehead atoms. The molecule has 2 rings (SSSR count). The summed E-state index contributed by atoms with van der Waals surface area (Å²) < 4.78 is 23.1. The molecule has 0 saturated heterocycles. The summed E-state index contributed by atoms with van der Waals surface area (Å²) in [5, 5.41) is 10.9. The van der Waals surface area contributed by atoms with Crippen molar-refractivity contribution >= 4 is 29.1 Å². The second kappa shape index (κ2) is 18.3. The maximum atomic E-state index is 12.4. The summed E-state index contributed by atoms with van der Waals surface area (Å²) in [7, 11) is 0. The molecule has 0 spiro atoms. The Morgan fingerprint density at radius 3 is 1.95 bits per heavy atom. The van der Waals surface area contributed by atoms with E-state index in [2.05, 4.69) is 6.92 Å². The van der Waals surface area contributed by atoms with Crippen LogP contribution in [0.5, 0.6) is 23.0 Å². The highest BCUT2D eigenvalue weighted by molar-refractivity contribution is 6.32. The van der Waals surface area contributed by atoms with Crippen LogP contribution in [0.4, 0.5) is 0 Å². The number of esters is 1. The highest BCUT2D eigenvalue weighted by atomic mass is 35.5. The van der Waals surface area contributed by atoms with Gasteiger partial charge in [0.25, 0.3) is 0 Å². The van der Waals surface area contributed by atoms with Crippen molar-refractivity contribution < 1.29 is 38.4 Å². The van der Waals surface area contributed by atoms with Gasteiger partial charge >= 0.3 is 5.97 Å². The number of unbranched alkanes of at least 4 members (excludes halogenated alkanes) is 2. The first-order chi connectivity index (χ1) is 20.2. The number of carbonyl (C=O) groups excluding carboxylic acids is 3. The molecule has 0 aromatic heterocycles. The van der Waals surface area contributed by atoms with E-state index in [4.69, 9.17) is 30.5 Å². The molecule has 0 aliphatic heterocycles. The van der Waals surface area contributed by atoms with Gasteiger partial charge in [0.15, 0.2) is 11.6 Å². The van der Waals surface area contributed by atoms with E-state index in [1.54, 1.807) is 19.1 Å². The van der Waals surface area contributed by atoms with Gasteiger partial charge in [-0.15, -0.1) is 0 Å². The molecule has 2 aromatic rings. The van der Waals surface area contributed by atoms with Crippen LogP contribution < -0.4 is 14.2 Å². The van der Waals surface area contributed by atoms with Gasteiger partial charge in [-0.3, -0.25) is 14.4 Å². The number of halogens is 1. The highest BCUT2D eigenvalue weighted by Gasteiger charge is 2.21. The van der Waals surface area contributed by atoms with Crippen LogP contribution >= 0.6 is 11.6 Å². The normalized spacial score (nSPS) is 10.8. The Hall–Kier alpha value is -3.26. The van der Waals surface area contributed by atoms with E-state index in [0.29, 0.717) is 79.1 Å². The van der Waals surface area contributed by atoms with Gasteiger partial charge < -0.3 is 24.1 Å². The van der Waals surface area contributed by atoms with E-state index in [1.807, 2.05) is 6.92 Å². The smallest absolute Gasteiger partial charge is 0.305 e. The molecule has 42 heavy (non-hydrogen) atoms. The third kappa shape index (κ3) is 10.2. The largest absolute Gasteiger partial charge is 0.507 e. The fourth-order valence-corrected chi connectivity index (χ4v) is 4.89. The van der Waals surface area contributed by atoms with Crippen molar-refractivity contribution in [3.63, 3.8) is 0 Å². The summed E-state index contributed by atoms with van der Waals surface area (Å²) in [6.07, 6.45) is 5.93. The number of rotatable bonds is 20. The average Bonchev–Trinajstić information content (AvgIpc) is 2.94.